The standard InChI is InChI=1S/C16H14BrClN2/c1-11-8-9-20-14(10-11)16(17)19-15(20)7-4-12-2-5-13(18)6-3-12/h2-3,5-6,8-10H,4,7H2,1H3. The normalized spacial score (nSPS) is 11.2. The number of aromatic nitrogens is 2. The fourth-order valence-electron chi connectivity index (χ4n) is 2.30. The smallest absolute Gasteiger partial charge is 0.132 e. The summed E-state index contributed by atoms with van der Waals surface area (Å²) < 4.78 is 3.06. The minimum atomic E-state index is 0.776. The van der Waals surface area contributed by atoms with Gasteiger partial charge in [-0.2, -0.15) is 0 Å². The van der Waals surface area contributed by atoms with Crippen LogP contribution < -0.4 is 0 Å². The van der Waals surface area contributed by atoms with Gasteiger partial charge in [-0.25, -0.2) is 4.98 Å². The molecule has 0 aliphatic heterocycles. The Labute approximate surface area is 131 Å². The van der Waals surface area contributed by atoms with Crippen molar-refractivity contribution < 1.29 is 0 Å². The highest BCUT2D eigenvalue weighted by atomic mass is 79.9. The first kappa shape index (κ1) is 13.7. The van der Waals surface area contributed by atoms with Crippen LogP contribution >= 0.6 is 27.5 Å². The average molecular weight is 350 g/mol. The minimum Gasteiger partial charge on any atom is -0.303 e. The molecular formula is C16H14BrClN2. The number of hydrogen-bond acceptors (Lipinski definition) is 1. The molecule has 0 radical (unpaired) electrons. The number of pyridine rings is 1. The highest BCUT2D eigenvalue weighted by Gasteiger charge is 2.09. The zero-order valence-corrected chi connectivity index (χ0v) is 13.4. The van der Waals surface area contributed by atoms with Crippen LogP contribution in [0.2, 0.25) is 5.02 Å². The van der Waals surface area contributed by atoms with E-state index < -0.39 is 0 Å². The molecule has 2 aromatic heterocycles. The van der Waals surface area contributed by atoms with Crippen LogP contribution in [0.3, 0.4) is 0 Å². The number of fused-ring (bicyclic) bond motifs is 1. The van der Waals surface area contributed by atoms with Gasteiger partial charge in [-0.3, -0.25) is 0 Å². The number of rotatable bonds is 3. The van der Waals surface area contributed by atoms with Gasteiger partial charge in [-0.15, -0.1) is 0 Å². The van der Waals surface area contributed by atoms with Gasteiger partial charge in [-0.1, -0.05) is 23.7 Å². The first-order valence-electron chi connectivity index (χ1n) is 6.51. The first-order chi connectivity index (χ1) is 9.63. The molecule has 0 aliphatic rings. The van der Waals surface area contributed by atoms with Gasteiger partial charge in [0.2, 0.25) is 0 Å². The maximum absolute atomic E-state index is 5.90. The van der Waals surface area contributed by atoms with Gasteiger partial charge < -0.3 is 4.40 Å². The number of aryl methyl sites for hydroxylation is 3. The minimum absolute atomic E-state index is 0.776. The fourth-order valence-corrected chi connectivity index (χ4v) is 2.93. The largest absolute Gasteiger partial charge is 0.303 e. The molecule has 0 bridgehead atoms. The predicted octanol–water partition coefficient (Wildman–Crippen LogP) is 4.84. The number of nitrogens with zero attached hydrogens (tertiary/aromatic N) is 2. The summed E-state index contributed by atoms with van der Waals surface area (Å²) in [4.78, 5) is 4.62. The van der Waals surface area contributed by atoms with Crippen molar-refractivity contribution in [2.45, 2.75) is 19.8 Å². The van der Waals surface area contributed by atoms with E-state index in [2.05, 4.69) is 62.7 Å². The third-order valence-electron chi connectivity index (χ3n) is 3.38. The van der Waals surface area contributed by atoms with E-state index in [9.17, 15) is 0 Å². The Morgan fingerprint density at radius 3 is 2.65 bits per heavy atom. The van der Waals surface area contributed by atoms with Gasteiger partial charge in [0.1, 0.15) is 10.4 Å². The summed E-state index contributed by atoms with van der Waals surface area (Å²) in [5.74, 6) is 1.07. The van der Waals surface area contributed by atoms with E-state index >= 15 is 0 Å². The van der Waals surface area contributed by atoms with E-state index in [0.29, 0.717) is 0 Å². The van der Waals surface area contributed by atoms with E-state index in [4.69, 9.17) is 11.6 Å². The summed E-state index contributed by atoms with van der Waals surface area (Å²) >= 11 is 9.44. The molecule has 0 spiro atoms. The summed E-state index contributed by atoms with van der Waals surface area (Å²) in [5, 5.41) is 0.776. The van der Waals surface area contributed by atoms with E-state index in [1.165, 1.54) is 11.1 Å². The molecular weight excluding hydrogens is 336 g/mol. The zero-order chi connectivity index (χ0) is 14.1. The van der Waals surface area contributed by atoms with Gasteiger partial charge in [0.15, 0.2) is 0 Å². The maximum atomic E-state index is 5.90. The second-order valence-corrected chi connectivity index (χ2v) is 6.09. The maximum Gasteiger partial charge on any atom is 0.132 e. The molecule has 0 atom stereocenters. The van der Waals surface area contributed by atoms with Crippen molar-refractivity contribution in [3.8, 4) is 0 Å². The zero-order valence-electron chi connectivity index (χ0n) is 11.1. The molecule has 0 N–H and O–H groups in total. The molecule has 102 valence electrons. The van der Waals surface area contributed by atoms with E-state index in [1.54, 1.807) is 0 Å². The lowest BCUT2D eigenvalue weighted by atomic mass is 10.1. The van der Waals surface area contributed by atoms with Crippen LogP contribution in [-0.2, 0) is 12.8 Å². The number of benzene rings is 1. The molecule has 20 heavy (non-hydrogen) atoms. The van der Waals surface area contributed by atoms with Crippen molar-refractivity contribution in [1.82, 2.24) is 9.38 Å². The molecule has 0 saturated heterocycles. The molecule has 0 amide bonds. The Morgan fingerprint density at radius 2 is 1.90 bits per heavy atom. The molecule has 0 fully saturated rings. The van der Waals surface area contributed by atoms with Crippen LogP contribution in [0.15, 0.2) is 47.2 Å². The Kier molecular flexibility index (Phi) is 3.81. The van der Waals surface area contributed by atoms with Crippen LogP contribution in [0.5, 0.6) is 0 Å². The quantitative estimate of drug-likeness (QED) is 0.661. The average Bonchev–Trinajstić information content (AvgIpc) is 2.74. The molecule has 0 aliphatic carbocycles. The predicted molar refractivity (Wildman–Crippen MR) is 86.5 cm³/mol. The monoisotopic (exact) mass is 348 g/mol. The molecule has 1 aromatic carbocycles. The molecule has 0 saturated carbocycles. The van der Waals surface area contributed by atoms with Crippen molar-refractivity contribution in [3.63, 3.8) is 0 Å². The van der Waals surface area contributed by atoms with Gasteiger partial charge in [-0.05, 0) is 64.7 Å². The van der Waals surface area contributed by atoms with Crippen LogP contribution in [-0.4, -0.2) is 9.38 Å². The van der Waals surface area contributed by atoms with Crippen molar-refractivity contribution >= 4 is 33.0 Å². The van der Waals surface area contributed by atoms with Crippen molar-refractivity contribution in [2.24, 2.45) is 0 Å². The fraction of sp³-hybridized carbons (Fsp3) is 0.188. The number of halogens is 2. The SMILES string of the molecule is Cc1ccn2c(CCc3ccc(Cl)cc3)nc(Br)c2c1. The van der Waals surface area contributed by atoms with Crippen molar-refractivity contribution in [3.05, 3.63) is 69.2 Å². The third kappa shape index (κ3) is 2.74. The molecule has 0 unspecified atom stereocenters. The second kappa shape index (κ2) is 5.58. The molecule has 4 heteroatoms. The van der Waals surface area contributed by atoms with Crippen LogP contribution in [0.25, 0.3) is 5.52 Å². The van der Waals surface area contributed by atoms with Crippen LogP contribution in [0.1, 0.15) is 17.0 Å². The summed E-state index contributed by atoms with van der Waals surface area (Å²) in [7, 11) is 0. The second-order valence-electron chi connectivity index (χ2n) is 4.90. The lowest BCUT2D eigenvalue weighted by molar-refractivity contribution is 0.851. The number of imidazole rings is 1. The Morgan fingerprint density at radius 1 is 1.15 bits per heavy atom. The Balaban J connectivity index is 1.86. The summed E-state index contributed by atoms with van der Waals surface area (Å²) in [5.41, 5.74) is 3.63. The van der Waals surface area contributed by atoms with E-state index in [0.717, 1.165) is 33.8 Å². The van der Waals surface area contributed by atoms with Gasteiger partial charge in [0.05, 0.1) is 5.52 Å². The van der Waals surface area contributed by atoms with E-state index in [1.807, 2.05) is 12.1 Å². The third-order valence-corrected chi connectivity index (χ3v) is 4.21. The van der Waals surface area contributed by atoms with E-state index in [-0.39, 0.29) is 0 Å². The summed E-state index contributed by atoms with van der Waals surface area (Å²) in [6.07, 6.45) is 3.94. The van der Waals surface area contributed by atoms with Crippen molar-refractivity contribution in [1.29, 1.82) is 0 Å². The van der Waals surface area contributed by atoms with Crippen molar-refractivity contribution in [2.75, 3.05) is 0 Å². The van der Waals surface area contributed by atoms with Gasteiger partial charge >= 0.3 is 0 Å². The summed E-state index contributed by atoms with van der Waals surface area (Å²) in [6.45, 7) is 2.09. The van der Waals surface area contributed by atoms with Gasteiger partial charge in [0.25, 0.3) is 0 Å². The first-order valence-corrected chi connectivity index (χ1v) is 7.68. The molecule has 2 nitrogen and oxygen atoms in total. The highest BCUT2D eigenvalue weighted by molar-refractivity contribution is 9.10. The molecule has 3 rings (SSSR count). The Bertz CT molecular complexity index is 747. The van der Waals surface area contributed by atoms with Crippen LogP contribution in [0.4, 0.5) is 0 Å². The summed E-state index contributed by atoms with van der Waals surface area (Å²) in [6, 6.07) is 12.2. The van der Waals surface area contributed by atoms with Crippen LogP contribution in [0, 0.1) is 6.92 Å². The topological polar surface area (TPSA) is 17.3 Å². The molecule has 2 heterocycles. The Hall–Kier alpha value is -1.32. The highest BCUT2D eigenvalue weighted by Crippen LogP contribution is 2.21. The van der Waals surface area contributed by atoms with Gasteiger partial charge in [0, 0.05) is 17.6 Å². The lowest BCUT2D eigenvalue weighted by Crippen LogP contribution is -1.98. The number of hydrogen-bond donors (Lipinski definition) is 0. The lowest BCUT2D eigenvalue weighted by Gasteiger charge is -2.03. The molecule has 3 aromatic rings.